The third-order valence-corrected chi connectivity index (χ3v) is 4.55. The van der Waals surface area contributed by atoms with E-state index in [9.17, 15) is 8.78 Å². The van der Waals surface area contributed by atoms with Crippen molar-refractivity contribution in [1.82, 2.24) is 5.32 Å². The van der Waals surface area contributed by atoms with Crippen molar-refractivity contribution in [1.29, 1.82) is 0 Å². The predicted octanol–water partition coefficient (Wildman–Crippen LogP) is 4.78. The summed E-state index contributed by atoms with van der Waals surface area (Å²) in [5.74, 6) is -0.184. The van der Waals surface area contributed by atoms with Crippen LogP contribution in [0, 0.1) is 11.6 Å². The van der Waals surface area contributed by atoms with Crippen LogP contribution >= 0.6 is 27.7 Å². The highest BCUT2D eigenvalue weighted by atomic mass is 79.9. The normalized spacial score (nSPS) is 12.4. The summed E-state index contributed by atoms with van der Waals surface area (Å²) in [5.41, 5.74) is 0.358. The summed E-state index contributed by atoms with van der Waals surface area (Å²) in [6, 6.07) is 11.2. The van der Waals surface area contributed by atoms with Crippen molar-refractivity contribution < 1.29 is 8.78 Å². The fourth-order valence-electron chi connectivity index (χ4n) is 1.82. The molecule has 106 valence electrons. The van der Waals surface area contributed by atoms with Crippen LogP contribution < -0.4 is 5.32 Å². The molecule has 20 heavy (non-hydrogen) atoms. The Bertz CT molecular complexity index is 575. The Balaban J connectivity index is 2.09. The number of nitrogens with one attached hydrogen (secondary N) is 1. The molecule has 0 aliphatic carbocycles. The molecule has 0 aliphatic rings. The van der Waals surface area contributed by atoms with Gasteiger partial charge in [0.15, 0.2) is 0 Å². The fourth-order valence-corrected chi connectivity index (χ4v) is 3.12. The minimum atomic E-state index is -0.421. The average Bonchev–Trinajstić information content (AvgIpc) is 2.45. The van der Waals surface area contributed by atoms with E-state index in [1.165, 1.54) is 12.1 Å². The second-order valence-electron chi connectivity index (χ2n) is 4.27. The summed E-state index contributed by atoms with van der Waals surface area (Å²) in [4.78, 5) is 1.09. The summed E-state index contributed by atoms with van der Waals surface area (Å²) in [6.07, 6.45) is 0. The second-order valence-corrected chi connectivity index (χ2v) is 6.28. The summed E-state index contributed by atoms with van der Waals surface area (Å²) >= 11 is 4.98. The van der Waals surface area contributed by atoms with Gasteiger partial charge in [-0.3, -0.25) is 0 Å². The maximum atomic E-state index is 13.8. The molecule has 1 atom stereocenters. The molecule has 1 N–H and O–H groups in total. The largest absolute Gasteiger partial charge is 0.312 e. The highest BCUT2D eigenvalue weighted by Gasteiger charge is 2.15. The van der Waals surface area contributed by atoms with Gasteiger partial charge in [-0.25, -0.2) is 8.78 Å². The van der Waals surface area contributed by atoms with Crippen LogP contribution in [0.15, 0.2) is 51.8 Å². The van der Waals surface area contributed by atoms with Crippen molar-refractivity contribution in [2.45, 2.75) is 10.9 Å². The van der Waals surface area contributed by atoms with E-state index in [4.69, 9.17) is 0 Å². The van der Waals surface area contributed by atoms with Crippen molar-refractivity contribution in [3.8, 4) is 0 Å². The molecule has 0 bridgehead atoms. The Morgan fingerprint density at radius 3 is 2.50 bits per heavy atom. The molecule has 0 fully saturated rings. The Morgan fingerprint density at radius 1 is 1.15 bits per heavy atom. The fraction of sp³-hybridized carbons (Fsp3) is 0.200. The first-order valence-electron chi connectivity index (χ1n) is 6.10. The molecular formula is C15H14BrF2NS. The highest BCUT2D eigenvalue weighted by Crippen LogP contribution is 2.27. The smallest absolute Gasteiger partial charge is 0.128 e. The minimum absolute atomic E-state index is 0.237. The maximum Gasteiger partial charge on any atom is 0.128 e. The van der Waals surface area contributed by atoms with E-state index in [1.54, 1.807) is 18.8 Å². The Morgan fingerprint density at radius 2 is 1.85 bits per heavy atom. The summed E-state index contributed by atoms with van der Waals surface area (Å²) in [5, 5.41) is 3.03. The van der Waals surface area contributed by atoms with Crippen LogP contribution in [0.3, 0.4) is 0 Å². The number of benzene rings is 2. The van der Waals surface area contributed by atoms with Crippen LogP contribution in [0.5, 0.6) is 0 Å². The lowest BCUT2D eigenvalue weighted by Crippen LogP contribution is -2.20. The monoisotopic (exact) mass is 357 g/mol. The van der Waals surface area contributed by atoms with Gasteiger partial charge in [0, 0.05) is 26.7 Å². The zero-order valence-electron chi connectivity index (χ0n) is 10.9. The zero-order valence-corrected chi connectivity index (χ0v) is 13.3. The molecule has 0 amide bonds. The zero-order chi connectivity index (χ0) is 14.5. The van der Waals surface area contributed by atoms with Gasteiger partial charge in [-0.15, -0.1) is 11.8 Å². The third kappa shape index (κ3) is 4.04. The average molecular weight is 358 g/mol. The van der Waals surface area contributed by atoms with E-state index in [0.717, 1.165) is 15.4 Å². The summed E-state index contributed by atoms with van der Waals surface area (Å²) in [6.45, 7) is 0. The van der Waals surface area contributed by atoms with Crippen LogP contribution in [0.1, 0.15) is 11.6 Å². The van der Waals surface area contributed by atoms with Gasteiger partial charge < -0.3 is 5.32 Å². The number of hydrogen-bond donors (Lipinski definition) is 1. The summed E-state index contributed by atoms with van der Waals surface area (Å²) < 4.78 is 28.0. The molecule has 1 nitrogen and oxygen atoms in total. The van der Waals surface area contributed by atoms with E-state index in [1.807, 2.05) is 24.3 Å². The Kier molecular flexibility index (Phi) is 5.57. The van der Waals surface area contributed by atoms with Gasteiger partial charge in [0.2, 0.25) is 0 Å². The molecule has 2 aromatic carbocycles. The van der Waals surface area contributed by atoms with Gasteiger partial charge in [0.1, 0.15) is 11.6 Å². The first-order chi connectivity index (χ1) is 9.60. The number of rotatable bonds is 5. The van der Waals surface area contributed by atoms with Gasteiger partial charge in [-0.05, 0) is 49.5 Å². The van der Waals surface area contributed by atoms with Gasteiger partial charge in [-0.2, -0.15) is 0 Å². The van der Waals surface area contributed by atoms with Crippen molar-refractivity contribution >= 4 is 27.7 Å². The van der Waals surface area contributed by atoms with Crippen molar-refractivity contribution in [2.75, 3.05) is 12.8 Å². The summed E-state index contributed by atoms with van der Waals surface area (Å²) in [7, 11) is 1.75. The van der Waals surface area contributed by atoms with Crippen LogP contribution in [0.4, 0.5) is 8.78 Å². The first-order valence-corrected chi connectivity index (χ1v) is 7.88. The molecule has 2 aromatic rings. The van der Waals surface area contributed by atoms with Crippen molar-refractivity contribution in [2.24, 2.45) is 0 Å². The molecule has 0 aliphatic heterocycles. The van der Waals surface area contributed by atoms with Crippen LogP contribution in [0.2, 0.25) is 0 Å². The van der Waals surface area contributed by atoms with E-state index < -0.39 is 5.82 Å². The van der Waals surface area contributed by atoms with Crippen LogP contribution in [0.25, 0.3) is 0 Å². The topological polar surface area (TPSA) is 12.0 Å². The Labute approximate surface area is 129 Å². The van der Waals surface area contributed by atoms with Gasteiger partial charge >= 0.3 is 0 Å². The lowest BCUT2D eigenvalue weighted by molar-refractivity contribution is 0.549. The molecule has 1 unspecified atom stereocenters. The molecule has 0 saturated carbocycles. The Hall–Kier alpha value is -0.910. The van der Waals surface area contributed by atoms with Gasteiger partial charge in [-0.1, -0.05) is 15.9 Å². The first kappa shape index (κ1) is 15.5. The molecule has 5 heteroatoms. The molecule has 0 heterocycles. The minimum Gasteiger partial charge on any atom is -0.312 e. The van der Waals surface area contributed by atoms with Crippen LogP contribution in [-0.2, 0) is 0 Å². The SMILES string of the molecule is CNC(CSc1ccc(Br)cc1)c1cc(F)ccc1F. The second kappa shape index (κ2) is 7.20. The van der Waals surface area contributed by atoms with Gasteiger partial charge in [0.05, 0.1) is 0 Å². The molecular weight excluding hydrogens is 344 g/mol. The predicted molar refractivity (Wildman–Crippen MR) is 83.0 cm³/mol. The quantitative estimate of drug-likeness (QED) is 0.772. The lowest BCUT2D eigenvalue weighted by Gasteiger charge is -2.17. The molecule has 0 aromatic heterocycles. The third-order valence-electron chi connectivity index (χ3n) is 2.91. The molecule has 0 spiro atoms. The van der Waals surface area contributed by atoms with Crippen molar-refractivity contribution in [3.63, 3.8) is 0 Å². The molecule has 0 saturated heterocycles. The van der Waals surface area contributed by atoms with Crippen molar-refractivity contribution in [3.05, 3.63) is 64.1 Å². The van der Waals surface area contributed by atoms with Crippen LogP contribution in [-0.4, -0.2) is 12.8 Å². The molecule has 2 rings (SSSR count). The number of hydrogen-bond acceptors (Lipinski definition) is 2. The van der Waals surface area contributed by atoms with E-state index >= 15 is 0 Å². The maximum absolute atomic E-state index is 13.8. The van der Waals surface area contributed by atoms with Gasteiger partial charge in [0.25, 0.3) is 0 Å². The standard InChI is InChI=1S/C15H14BrF2NS/c1-19-15(13-8-11(17)4-7-14(13)18)9-20-12-5-2-10(16)3-6-12/h2-8,15,19H,9H2,1H3. The number of thioether (sulfide) groups is 1. The molecule has 0 radical (unpaired) electrons. The lowest BCUT2D eigenvalue weighted by atomic mass is 10.1. The van der Waals surface area contributed by atoms with E-state index in [0.29, 0.717) is 11.3 Å². The van der Waals surface area contributed by atoms with E-state index in [2.05, 4.69) is 21.2 Å². The highest BCUT2D eigenvalue weighted by molar-refractivity contribution is 9.10. The van der Waals surface area contributed by atoms with E-state index in [-0.39, 0.29) is 11.9 Å². The number of halogens is 3.